The number of anilines is 1. The van der Waals surface area contributed by atoms with Gasteiger partial charge in [-0.1, -0.05) is 18.2 Å². The number of hydrogen-bond acceptors (Lipinski definition) is 6. The maximum absolute atomic E-state index is 13.4. The summed E-state index contributed by atoms with van der Waals surface area (Å²) in [5, 5.41) is 0. The van der Waals surface area contributed by atoms with E-state index in [0.29, 0.717) is 37.8 Å². The first-order valence-electron chi connectivity index (χ1n) is 9.12. The van der Waals surface area contributed by atoms with Gasteiger partial charge in [0.2, 0.25) is 5.91 Å². The van der Waals surface area contributed by atoms with Crippen LogP contribution in [0.15, 0.2) is 53.4 Å². The van der Waals surface area contributed by atoms with Crippen LogP contribution in [0.1, 0.15) is 0 Å². The molecule has 156 valence electrons. The summed E-state index contributed by atoms with van der Waals surface area (Å²) in [6.07, 6.45) is 0. The summed E-state index contributed by atoms with van der Waals surface area (Å²) < 4.78 is 43.8. The number of nitrogens with zero attached hydrogens (tertiary/aromatic N) is 2. The van der Waals surface area contributed by atoms with Crippen LogP contribution in [0.2, 0.25) is 0 Å². The Morgan fingerprint density at radius 1 is 1.07 bits per heavy atom. The second-order valence-electron chi connectivity index (χ2n) is 6.36. The van der Waals surface area contributed by atoms with E-state index in [1.54, 1.807) is 41.3 Å². The lowest BCUT2D eigenvalue weighted by atomic mass is 10.2. The predicted octanol–water partition coefficient (Wildman–Crippen LogP) is 1.76. The molecular formula is C20H24N2O6S. The third kappa shape index (κ3) is 4.63. The lowest BCUT2D eigenvalue weighted by Gasteiger charge is -2.31. The summed E-state index contributed by atoms with van der Waals surface area (Å²) in [4.78, 5) is 14.6. The Hall–Kier alpha value is -2.78. The van der Waals surface area contributed by atoms with Crippen LogP contribution in [0.3, 0.4) is 0 Å². The summed E-state index contributed by atoms with van der Waals surface area (Å²) >= 11 is 0. The zero-order chi connectivity index (χ0) is 20.9. The van der Waals surface area contributed by atoms with Crippen LogP contribution >= 0.6 is 0 Å². The van der Waals surface area contributed by atoms with Gasteiger partial charge in [0.1, 0.15) is 18.0 Å². The molecule has 2 aromatic carbocycles. The van der Waals surface area contributed by atoms with Gasteiger partial charge in [0.15, 0.2) is 0 Å². The van der Waals surface area contributed by atoms with E-state index in [1.807, 2.05) is 0 Å². The largest absolute Gasteiger partial charge is 0.497 e. The molecule has 0 unspecified atom stereocenters. The summed E-state index contributed by atoms with van der Waals surface area (Å²) in [6.45, 7) is 1.38. The lowest BCUT2D eigenvalue weighted by molar-refractivity contribution is -0.133. The first kappa shape index (κ1) is 20.9. The Morgan fingerprint density at radius 3 is 2.38 bits per heavy atom. The summed E-state index contributed by atoms with van der Waals surface area (Å²) in [5.41, 5.74) is 0.263. The molecule has 1 aliphatic rings. The minimum atomic E-state index is -4.01. The molecule has 0 radical (unpaired) electrons. The highest BCUT2D eigenvalue weighted by Gasteiger charge is 2.31. The molecule has 1 amide bonds. The van der Waals surface area contributed by atoms with Gasteiger partial charge in [-0.15, -0.1) is 0 Å². The standard InChI is InChI=1S/C20H24N2O6S/c1-26-16-8-9-18(19(14-16)27-2)22(15-20(23)21-10-12-28-13-11-21)29(24,25)17-6-4-3-5-7-17/h3-9,14H,10-13,15H2,1-2H3. The highest BCUT2D eigenvalue weighted by Crippen LogP contribution is 2.35. The van der Waals surface area contributed by atoms with Crippen LogP contribution in [0, 0.1) is 0 Å². The normalized spacial score (nSPS) is 14.3. The van der Waals surface area contributed by atoms with Crippen molar-refractivity contribution in [3.05, 3.63) is 48.5 Å². The number of methoxy groups -OCH3 is 2. The van der Waals surface area contributed by atoms with Gasteiger partial charge in [-0.3, -0.25) is 9.10 Å². The van der Waals surface area contributed by atoms with Gasteiger partial charge < -0.3 is 19.1 Å². The molecule has 1 fully saturated rings. The molecule has 0 saturated carbocycles. The Morgan fingerprint density at radius 2 is 1.76 bits per heavy atom. The monoisotopic (exact) mass is 420 g/mol. The Bertz CT molecular complexity index is 943. The highest BCUT2D eigenvalue weighted by atomic mass is 32.2. The first-order valence-corrected chi connectivity index (χ1v) is 10.6. The second kappa shape index (κ2) is 9.15. The minimum Gasteiger partial charge on any atom is -0.497 e. The van der Waals surface area contributed by atoms with E-state index in [1.165, 1.54) is 26.4 Å². The molecule has 1 saturated heterocycles. The molecule has 0 N–H and O–H groups in total. The van der Waals surface area contributed by atoms with Crippen molar-refractivity contribution in [1.29, 1.82) is 0 Å². The topological polar surface area (TPSA) is 85.4 Å². The Kier molecular flexibility index (Phi) is 6.60. The van der Waals surface area contributed by atoms with Crippen molar-refractivity contribution in [2.24, 2.45) is 0 Å². The summed E-state index contributed by atoms with van der Waals surface area (Å²) in [7, 11) is -1.06. The van der Waals surface area contributed by atoms with Crippen molar-refractivity contribution in [2.75, 3.05) is 51.4 Å². The molecule has 2 aromatic rings. The molecule has 8 nitrogen and oxygen atoms in total. The van der Waals surface area contributed by atoms with E-state index in [0.717, 1.165) is 4.31 Å². The molecule has 0 spiro atoms. The fourth-order valence-electron chi connectivity index (χ4n) is 3.05. The van der Waals surface area contributed by atoms with E-state index in [9.17, 15) is 13.2 Å². The number of hydrogen-bond donors (Lipinski definition) is 0. The van der Waals surface area contributed by atoms with Gasteiger partial charge >= 0.3 is 0 Å². The first-order chi connectivity index (χ1) is 14.0. The van der Waals surface area contributed by atoms with Crippen LogP contribution in [-0.2, 0) is 19.6 Å². The third-order valence-electron chi connectivity index (χ3n) is 4.63. The zero-order valence-electron chi connectivity index (χ0n) is 16.4. The Balaban J connectivity index is 2.03. The molecular weight excluding hydrogens is 396 g/mol. The molecule has 0 aliphatic carbocycles. The molecule has 1 aliphatic heterocycles. The molecule has 29 heavy (non-hydrogen) atoms. The second-order valence-corrected chi connectivity index (χ2v) is 8.22. The molecule has 9 heteroatoms. The van der Waals surface area contributed by atoms with Gasteiger partial charge in [-0.25, -0.2) is 8.42 Å². The zero-order valence-corrected chi connectivity index (χ0v) is 17.2. The van der Waals surface area contributed by atoms with Gasteiger partial charge in [-0.05, 0) is 24.3 Å². The molecule has 0 atom stereocenters. The minimum absolute atomic E-state index is 0.0904. The number of amides is 1. The number of ether oxygens (including phenoxy) is 3. The third-order valence-corrected chi connectivity index (χ3v) is 6.40. The van der Waals surface area contributed by atoms with Crippen molar-refractivity contribution in [3.63, 3.8) is 0 Å². The average molecular weight is 420 g/mol. The summed E-state index contributed by atoms with van der Waals surface area (Å²) in [6, 6.07) is 12.8. The lowest BCUT2D eigenvalue weighted by Crippen LogP contribution is -2.47. The van der Waals surface area contributed by atoms with E-state index >= 15 is 0 Å². The number of benzene rings is 2. The number of morpholine rings is 1. The van der Waals surface area contributed by atoms with Crippen molar-refractivity contribution in [3.8, 4) is 11.5 Å². The van der Waals surface area contributed by atoms with Gasteiger partial charge in [0.05, 0.1) is 38.0 Å². The van der Waals surface area contributed by atoms with Gasteiger partial charge in [-0.2, -0.15) is 0 Å². The van der Waals surface area contributed by atoms with Crippen molar-refractivity contribution in [2.45, 2.75) is 4.90 Å². The molecule has 3 rings (SSSR count). The average Bonchev–Trinajstić information content (AvgIpc) is 2.78. The van der Waals surface area contributed by atoms with Crippen molar-refractivity contribution in [1.82, 2.24) is 4.90 Å². The SMILES string of the molecule is COc1ccc(N(CC(=O)N2CCOCC2)S(=O)(=O)c2ccccc2)c(OC)c1. The van der Waals surface area contributed by atoms with Crippen LogP contribution in [0.4, 0.5) is 5.69 Å². The van der Waals surface area contributed by atoms with Gasteiger partial charge in [0.25, 0.3) is 10.0 Å². The van der Waals surface area contributed by atoms with Crippen LogP contribution in [-0.4, -0.2) is 66.3 Å². The molecule has 0 bridgehead atoms. The van der Waals surface area contributed by atoms with E-state index in [-0.39, 0.29) is 23.0 Å². The smallest absolute Gasteiger partial charge is 0.264 e. The number of rotatable bonds is 7. The number of carbonyl (C=O) groups is 1. The van der Waals surface area contributed by atoms with E-state index in [2.05, 4.69) is 0 Å². The fourth-order valence-corrected chi connectivity index (χ4v) is 4.49. The number of sulfonamides is 1. The van der Waals surface area contributed by atoms with Gasteiger partial charge in [0, 0.05) is 19.2 Å². The molecule has 0 aromatic heterocycles. The van der Waals surface area contributed by atoms with Crippen LogP contribution in [0.5, 0.6) is 11.5 Å². The fraction of sp³-hybridized carbons (Fsp3) is 0.350. The quantitative estimate of drug-likeness (QED) is 0.679. The van der Waals surface area contributed by atoms with Crippen LogP contribution < -0.4 is 13.8 Å². The van der Waals surface area contributed by atoms with Crippen LogP contribution in [0.25, 0.3) is 0 Å². The highest BCUT2D eigenvalue weighted by molar-refractivity contribution is 7.92. The Labute approximate surface area is 170 Å². The summed E-state index contributed by atoms with van der Waals surface area (Å²) in [5.74, 6) is 0.506. The predicted molar refractivity (Wildman–Crippen MR) is 108 cm³/mol. The van der Waals surface area contributed by atoms with Crippen molar-refractivity contribution < 1.29 is 27.4 Å². The van der Waals surface area contributed by atoms with E-state index in [4.69, 9.17) is 14.2 Å². The van der Waals surface area contributed by atoms with Crippen molar-refractivity contribution >= 4 is 21.6 Å². The molecule has 1 heterocycles. The van der Waals surface area contributed by atoms with E-state index < -0.39 is 10.0 Å². The maximum Gasteiger partial charge on any atom is 0.264 e. The maximum atomic E-state index is 13.4. The number of carbonyl (C=O) groups excluding carboxylic acids is 1.